The molecule has 112 valence electrons. The van der Waals surface area contributed by atoms with Crippen LogP contribution in [-0.4, -0.2) is 6.54 Å². The lowest BCUT2D eigenvalue weighted by Gasteiger charge is -2.20. The molecule has 0 saturated heterocycles. The van der Waals surface area contributed by atoms with Crippen molar-refractivity contribution in [1.29, 1.82) is 0 Å². The van der Waals surface area contributed by atoms with Gasteiger partial charge in [0.25, 0.3) is 0 Å². The summed E-state index contributed by atoms with van der Waals surface area (Å²) < 4.78 is 14.9. The molecular formula is C17H18BrClFN. The summed E-state index contributed by atoms with van der Waals surface area (Å²) in [6, 6.07) is 11.1. The number of hydrogen-bond donors (Lipinski definition) is 1. The van der Waals surface area contributed by atoms with Gasteiger partial charge in [0.05, 0.1) is 11.1 Å². The second kappa shape index (κ2) is 7.39. The van der Waals surface area contributed by atoms with Crippen molar-refractivity contribution >= 4 is 27.5 Å². The van der Waals surface area contributed by atoms with Crippen LogP contribution in [0, 0.1) is 5.82 Å². The Morgan fingerprint density at radius 1 is 1.19 bits per heavy atom. The first-order chi connectivity index (χ1) is 10.1. The lowest BCUT2D eigenvalue weighted by atomic mass is 9.97. The predicted molar refractivity (Wildman–Crippen MR) is 90.4 cm³/mol. The third-order valence-corrected chi connectivity index (χ3v) is 4.68. The molecule has 2 rings (SSSR count). The smallest absolute Gasteiger partial charge is 0.129 e. The molecule has 0 aliphatic heterocycles. The Labute approximate surface area is 138 Å². The van der Waals surface area contributed by atoms with E-state index in [-0.39, 0.29) is 11.9 Å². The van der Waals surface area contributed by atoms with E-state index in [1.807, 2.05) is 19.1 Å². The second-order valence-electron chi connectivity index (χ2n) is 4.87. The van der Waals surface area contributed by atoms with Crippen LogP contribution in [0.5, 0.6) is 0 Å². The number of nitrogens with one attached hydrogen (secondary N) is 1. The lowest BCUT2D eigenvalue weighted by Crippen LogP contribution is -2.23. The van der Waals surface area contributed by atoms with Gasteiger partial charge in [0.15, 0.2) is 0 Å². The van der Waals surface area contributed by atoms with Crippen molar-refractivity contribution in [3.05, 3.63) is 68.4 Å². The van der Waals surface area contributed by atoms with Gasteiger partial charge in [0, 0.05) is 10.0 Å². The maximum atomic E-state index is 14.3. The van der Waals surface area contributed by atoms with Crippen LogP contribution < -0.4 is 5.32 Å². The zero-order valence-electron chi connectivity index (χ0n) is 12.1. The number of halogens is 3. The van der Waals surface area contributed by atoms with Crippen LogP contribution in [0.2, 0.25) is 5.02 Å². The Bertz CT molecular complexity index is 613. The third-order valence-electron chi connectivity index (χ3n) is 3.48. The average Bonchev–Trinajstić information content (AvgIpc) is 2.49. The largest absolute Gasteiger partial charge is 0.306 e. The summed E-state index contributed by atoms with van der Waals surface area (Å²) in [4.78, 5) is 0. The molecule has 1 unspecified atom stereocenters. The Balaban J connectivity index is 2.44. The molecule has 2 aromatic rings. The monoisotopic (exact) mass is 369 g/mol. The van der Waals surface area contributed by atoms with Gasteiger partial charge >= 0.3 is 0 Å². The molecule has 0 aliphatic carbocycles. The summed E-state index contributed by atoms with van der Waals surface area (Å²) in [7, 11) is 0. The number of benzene rings is 2. The van der Waals surface area contributed by atoms with Gasteiger partial charge in [-0.3, -0.25) is 0 Å². The molecule has 2 aromatic carbocycles. The van der Waals surface area contributed by atoms with Gasteiger partial charge in [-0.05, 0) is 52.2 Å². The quantitative estimate of drug-likeness (QED) is 0.685. The van der Waals surface area contributed by atoms with Crippen LogP contribution in [0.25, 0.3) is 0 Å². The highest BCUT2D eigenvalue weighted by Gasteiger charge is 2.18. The summed E-state index contributed by atoms with van der Waals surface area (Å²) in [6.07, 6.45) is 0.991. The molecule has 1 atom stereocenters. The fourth-order valence-corrected chi connectivity index (χ4v) is 2.80. The van der Waals surface area contributed by atoms with Gasteiger partial charge in [-0.1, -0.05) is 49.7 Å². The zero-order chi connectivity index (χ0) is 15.4. The standard InChI is InChI=1S/C17H18BrClFN/c1-3-11-5-7-12(8-6-11)17(21-4-2)13-9-15(19)14(18)10-16(13)20/h5-10,17,21H,3-4H2,1-2H3. The molecule has 0 heterocycles. The van der Waals surface area contributed by atoms with E-state index in [1.54, 1.807) is 6.07 Å². The van der Waals surface area contributed by atoms with Crippen LogP contribution in [0.15, 0.2) is 40.9 Å². The van der Waals surface area contributed by atoms with Gasteiger partial charge < -0.3 is 5.32 Å². The molecule has 4 heteroatoms. The Morgan fingerprint density at radius 3 is 2.43 bits per heavy atom. The van der Waals surface area contributed by atoms with Gasteiger partial charge in [-0.2, -0.15) is 0 Å². The highest BCUT2D eigenvalue weighted by Crippen LogP contribution is 2.31. The summed E-state index contributed by atoms with van der Waals surface area (Å²) in [5.74, 6) is -0.267. The molecule has 0 aliphatic rings. The molecular weight excluding hydrogens is 353 g/mol. The molecule has 0 spiro atoms. The molecule has 0 fully saturated rings. The highest BCUT2D eigenvalue weighted by molar-refractivity contribution is 9.10. The Hall–Kier alpha value is -0.900. The van der Waals surface area contributed by atoms with E-state index in [2.05, 4.69) is 40.3 Å². The fourth-order valence-electron chi connectivity index (χ4n) is 2.32. The minimum Gasteiger partial charge on any atom is -0.306 e. The second-order valence-corrected chi connectivity index (χ2v) is 6.14. The van der Waals surface area contributed by atoms with Gasteiger partial charge in [-0.15, -0.1) is 0 Å². The zero-order valence-corrected chi connectivity index (χ0v) is 14.4. The minimum absolute atomic E-state index is 0.202. The molecule has 0 radical (unpaired) electrons. The van der Waals surface area contributed by atoms with E-state index >= 15 is 0 Å². The van der Waals surface area contributed by atoms with E-state index in [1.165, 1.54) is 11.6 Å². The van der Waals surface area contributed by atoms with Crippen molar-refractivity contribution in [3.63, 3.8) is 0 Å². The van der Waals surface area contributed by atoms with Crippen LogP contribution >= 0.6 is 27.5 Å². The molecule has 0 amide bonds. The summed E-state index contributed by atoms with van der Waals surface area (Å²) in [5.41, 5.74) is 2.86. The number of hydrogen-bond acceptors (Lipinski definition) is 1. The van der Waals surface area contributed by atoms with E-state index in [0.29, 0.717) is 15.1 Å². The molecule has 1 N–H and O–H groups in total. The maximum absolute atomic E-state index is 14.3. The topological polar surface area (TPSA) is 12.0 Å². The van der Waals surface area contributed by atoms with Crippen LogP contribution in [0.3, 0.4) is 0 Å². The molecule has 0 bridgehead atoms. The summed E-state index contributed by atoms with van der Waals surface area (Å²) in [5, 5.41) is 3.84. The number of rotatable bonds is 5. The van der Waals surface area contributed by atoms with Crippen LogP contribution in [0.1, 0.15) is 36.6 Å². The summed E-state index contributed by atoms with van der Waals surface area (Å²) in [6.45, 7) is 4.87. The van der Waals surface area contributed by atoms with Crippen molar-refractivity contribution in [3.8, 4) is 0 Å². The minimum atomic E-state index is -0.267. The van der Waals surface area contributed by atoms with Gasteiger partial charge in [0.2, 0.25) is 0 Å². The van der Waals surface area contributed by atoms with E-state index in [9.17, 15) is 4.39 Å². The maximum Gasteiger partial charge on any atom is 0.129 e. The number of aryl methyl sites for hydroxylation is 1. The molecule has 0 aromatic heterocycles. The Morgan fingerprint density at radius 2 is 1.86 bits per heavy atom. The fraction of sp³-hybridized carbons (Fsp3) is 0.294. The van der Waals surface area contributed by atoms with Crippen molar-refractivity contribution in [1.82, 2.24) is 5.32 Å². The van der Waals surface area contributed by atoms with Gasteiger partial charge in [-0.25, -0.2) is 4.39 Å². The molecule has 1 nitrogen and oxygen atoms in total. The molecule has 0 saturated carbocycles. The SMILES string of the molecule is CCNC(c1ccc(CC)cc1)c1cc(Cl)c(Br)cc1F. The van der Waals surface area contributed by atoms with Crippen LogP contribution in [0.4, 0.5) is 4.39 Å². The van der Waals surface area contributed by atoms with E-state index in [4.69, 9.17) is 11.6 Å². The predicted octanol–water partition coefficient (Wildman–Crippen LogP) is 5.50. The van der Waals surface area contributed by atoms with Crippen molar-refractivity contribution < 1.29 is 4.39 Å². The highest BCUT2D eigenvalue weighted by atomic mass is 79.9. The van der Waals surface area contributed by atoms with Crippen molar-refractivity contribution in [2.75, 3.05) is 6.54 Å². The van der Waals surface area contributed by atoms with Gasteiger partial charge in [0.1, 0.15) is 5.82 Å². The van der Waals surface area contributed by atoms with E-state index in [0.717, 1.165) is 18.5 Å². The van der Waals surface area contributed by atoms with Crippen molar-refractivity contribution in [2.24, 2.45) is 0 Å². The first-order valence-corrected chi connectivity index (χ1v) is 8.20. The normalized spacial score (nSPS) is 12.4. The summed E-state index contributed by atoms with van der Waals surface area (Å²) >= 11 is 9.37. The van der Waals surface area contributed by atoms with E-state index < -0.39 is 0 Å². The first-order valence-electron chi connectivity index (χ1n) is 7.03. The average molecular weight is 371 g/mol. The van der Waals surface area contributed by atoms with Crippen LogP contribution in [-0.2, 0) is 6.42 Å². The van der Waals surface area contributed by atoms with Crippen molar-refractivity contribution in [2.45, 2.75) is 26.3 Å². The first kappa shape index (κ1) is 16.5. The molecule has 21 heavy (non-hydrogen) atoms. The lowest BCUT2D eigenvalue weighted by molar-refractivity contribution is 0.558. The Kier molecular flexibility index (Phi) is 5.80. The third kappa shape index (κ3) is 3.85.